The minimum Gasteiger partial charge on any atom is -0.206 e. The second kappa shape index (κ2) is 8.97. The fraction of sp³-hybridized carbons (Fsp3) is 0.214. The first-order valence-electron chi connectivity index (χ1n) is 10.7. The van der Waals surface area contributed by atoms with Gasteiger partial charge in [0.1, 0.15) is 5.82 Å². The fourth-order valence-corrected chi connectivity index (χ4v) is 4.19. The van der Waals surface area contributed by atoms with Crippen molar-refractivity contribution in [3.05, 3.63) is 102 Å². The molecule has 0 aromatic heterocycles. The van der Waals surface area contributed by atoms with Gasteiger partial charge in [0.05, 0.1) is 0 Å². The van der Waals surface area contributed by atoms with Crippen molar-refractivity contribution >= 4 is 5.57 Å². The highest BCUT2D eigenvalue weighted by Crippen LogP contribution is 2.34. The summed E-state index contributed by atoms with van der Waals surface area (Å²) in [6.45, 7) is 5.64. The number of benzene rings is 3. The molecule has 3 aromatic rings. The second-order valence-corrected chi connectivity index (χ2v) is 8.03. The van der Waals surface area contributed by atoms with Crippen LogP contribution in [-0.2, 0) is 6.42 Å². The minimum atomic E-state index is -0.845. The van der Waals surface area contributed by atoms with Gasteiger partial charge in [-0.1, -0.05) is 67.6 Å². The molecule has 0 radical (unpaired) electrons. The van der Waals surface area contributed by atoms with Crippen molar-refractivity contribution in [1.29, 1.82) is 0 Å². The molecule has 3 heteroatoms. The van der Waals surface area contributed by atoms with E-state index in [0.717, 1.165) is 24.8 Å². The van der Waals surface area contributed by atoms with Gasteiger partial charge in [-0.25, -0.2) is 13.2 Å². The fourth-order valence-electron chi connectivity index (χ4n) is 4.19. The SMILES string of the molecule is C=CC1CC=C(c2ccc(-c3ccc(-c4ccc(CC)c(F)c4F)cc3)c(F)c2)CC1. The van der Waals surface area contributed by atoms with Crippen LogP contribution in [0.4, 0.5) is 13.2 Å². The predicted octanol–water partition coefficient (Wildman–Crippen LogP) is 8.37. The highest BCUT2D eigenvalue weighted by molar-refractivity contribution is 5.74. The van der Waals surface area contributed by atoms with Crippen molar-refractivity contribution in [2.75, 3.05) is 0 Å². The largest absolute Gasteiger partial charge is 0.206 e. The molecule has 0 nitrogen and oxygen atoms in total. The molecule has 0 saturated heterocycles. The Labute approximate surface area is 181 Å². The van der Waals surface area contributed by atoms with E-state index in [2.05, 4.69) is 12.7 Å². The molecule has 1 unspecified atom stereocenters. The molecule has 4 rings (SSSR count). The smallest absolute Gasteiger partial charge is 0.166 e. The van der Waals surface area contributed by atoms with Crippen molar-refractivity contribution in [1.82, 2.24) is 0 Å². The summed E-state index contributed by atoms with van der Waals surface area (Å²) in [5.74, 6) is -1.44. The lowest BCUT2D eigenvalue weighted by Gasteiger charge is -2.19. The molecule has 0 spiro atoms. The molecule has 0 fully saturated rings. The van der Waals surface area contributed by atoms with Gasteiger partial charge in [0.15, 0.2) is 11.6 Å². The zero-order chi connectivity index (χ0) is 22.0. The van der Waals surface area contributed by atoms with Gasteiger partial charge in [-0.15, -0.1) is 6.58 Å². The summed E-state index contributed by atoms with van der Waals surface area (Å²) in [7, 11) is 0. The summed E-state index contributed by atoms with van der Waals surface area (Å²) in [6, 6.07) is 15.4. The first-order valence-corrected chi connectivity index (χ1v) is 10.7. The summed E-state index contributed by atoms with van der Waals surface area (Å²) in [4.78, 5) is 0. The summed E-state index contributed by atoms with van der Waals surface area (Å²) < 4.78 is 43.5. The molecule has 0 aliphatic heterocycles. The van der Waals surface area contributed by atoms with Gasteiger partial charge in [0, 0.05) is 11.1 Å². The lowest BCUT2D eigenvalue weighted by Crippen LogP contribution is -2.02. The molecular weight excluding hydrogens is 393 g/mol. The van der Waals surface area contributed by atoms with Crippen LogP contribution >= 0.6 is 0 Å². The Morgan fingerprint density at radius 3 is 2.10 bits per heavy atom. The summed E-state index contributed by atoms with van der Waals surface area (Å²) >= 11 is 0. The highest BCUT2D eigenvalue weighted by atomic mass is 19.2. The second-order valence-electron chi connectivity index (χ2n) is 8.03. The van der Waals surface area contributed by atoms with E-state index in [-0.39, 0.29) is 11.4 Å². The van der Waals surface area contributed by atoms with Crippen molar-refractivity contribution in [2.24, 2.45) is 5.92 Å². The van der Waals surface area contributed by atoms with E-state index in [1.54, 1.807) is 55.5 Å². The van der Waals surface area contributed by atoms with Crippen LogP contribution in [0.15, 0.2) is 73.3 Å². The van der Waals surface area contributed by atoms with Crippen LogP contribution in [0.25, 0.3) is 27.8 Å². The van der Waals surface area contributed by atoms with E-state index >= 15 is 0 Å². The van der Waals surface area contributed by atoms with Gasteiger partial charge < -0.3 is 0 Å². The summed E-state index contributed by atoms with van der Waals surface area (Å²) in [5, 5.41) is 0. The van der Waals surface area contributed by atoms with Gasteiger partial charge in [-0.2, -0.15) is 0 Å². The molecular formula is C28H25F3. The lowest BCUT2D eigenvalue weighted by molar-refractivity contribution is 0.502. The maximum atomic E-state index is 14.9. The van der Waals surface area contributed by atoms with Crippen LogP contribution < -0.4 is 0 Å². The van der Waals surface area contributed by atoms with E-state index in [1.807, 2.05) is 12.1 Å². The molecule has 158 valence electrons. The van der Waals surface area contributed by atoms with Crippen LogP contribution in [0.5, 0.6) is 0 Å². The maximum absolute atomic E-state index is 14.9. The third-order valence-electron chi connectivity index (χ3n) is 6.17. The highest BCUT2D eigenvalue weighted by Gasteiger charge is 2.16. The molecule has 0 amide bonds. The average Bonchev–Trinajstić information content (AvgIpc) is 2.81. The normalized spacial score (nSPS) is 16.1. The van der Waals surface area contributed by atoms with Gasteiger partial charge in [-0.05, 0) is 65.5 Å². The van der Waals surface area contributed by atoms with Gasteiger partial charge >= 0.3 is 0 Å². The van der Waals surface area contributed by atoms with Crippen molar-refractivity contribution < 1.29 is 13.2 Å². The van der Waals surface area contributed by atoms with E-state index in [4.69, 9.17) is 0 Å². The van der Waals surface area contributed by atoms with Gasteiger partial charge in [0.25, 0.3) is 0 Å². The van der Waals surface area contributed by atoms with Gasteiger partial charge in [-0.3, -0.25) is 0 Å². The van der Waals surface area contributed by atoms with Crippen LogP contribution in [0.1, 0.15) is 37.3 Å². The predicted molar refractivity (Wildman–Crippen MR) is 122 cm³/mol. The molecule has 1 atom stereocenters. The number of aryl methyl sites for hydroxylation is 1. The first kappa shape index (κ1) is 21.2. The zero-order valence-corrected chi connectivity index (χ0v) is 17.6. The average molecular weight is 419 g/mol. The van der Waals surface area contributed by atoms with E-state index in [1.165, 1.54) is 5.57 Å². The summed E-state index contributed by atoms with van der Waals surface area (Å²) in [6.07, 6.45) is 7.50. The monoisotopic (exact) mass is 418 g/mol. The Kier molecular flexibility index (Phi) is 6.13. The Hall–Kier alpha value is -3.07. The van der Waals surface area contributed by atoms with Crippen molar-refractivity contribution in [3.8, 4) is 22.3 Å². The van der Waals surface area contributed by atoms with Crippen LogP contribution in [0.3, 0.4) is 0 Å². The van der Waals surface area contributed by atoms with E-state index in [9.17, 15) is 13.2 Å². The Morgan fingerprint density at radius 1 is 0.871 bits per heavy atom. The number of hydrogen-bond donors (Lipinski definition) is 0. The lowest BCUT2D eigenvalue weighted by atomic mass is 9.86. The minimum absolute atomic E-state index is 0.208. The molecule has 3 aromatic carbocycles. The standard InChI is InChI=1S/C28H25F3/c1-3-18-5-7-20(8-6-18)23-14-15-24(26(29)17-23)21-9-11-22(12-10-21)25-16-13-19(4-2)27(30)28(25)31/h3,7,9-18H,1,4-6,8H2,2H3. The van der Waals surface area contributed by atoms with Crippen LogP contribution in [0.2, 0.25) is 0 Å². The summed E-state index contributed by atoms with van der Waals surface area (Å²) in [5.41, 5.74) is 4.39. The molecule has 0 N–H and O–H groups in total. The molecule has 0 heterocycles. The van der Waals surface area contributed by atoms with Crippen LogP contribution in [0, 0.1) is 23.4 Å². The van der Waals surface area contributed by atoms with Crippen molar-refractivity contribution in [3.63, 3.8) is 0 Å². The molecule has 0 saturated carbocycles. The zero-order valence-electron chi connectivity index (χ0n) is 17.6. The number of rotatable bonds is 5. The third-order valence-corrected chi connectivity index (χ3v) is 6.17. The quantitative estimate of drug-likeness (QED) is 0.365. The van der Waals surface area contributed by atoms with E-state index < -0.39 is 11.6 Å². The van der Waals surface area contributed by atoms with E-state index in [0.29, 0.717) is 34.6 Å². The number of halogens is 3. The van der Waals surface area contributed by atoms with Crippen molar-refractivity contribution in [2.45, 2.75) is 32.6 Å². The maximum Gasteiger partial charge on any atom is 0.166 e. The Balaban J connectivity index is 1.59. The third kappa shape index (κ3) is 4.23. The molecule has 31 heavy (non-hydrogen) atoms. The first-order chi connectivity index (χ1) is 15.0. The Morgan fingerprint density at radius 2 is 1.52 bits per heavy atom. The topological polar surface area (TPSA) is 0 Å². The molecule has 0 bridgehead atoms. The Bertz CT molecular complexity index is 1140. The van der Waals surface area contributed by atoms with Crippen LogP contribution in [-0.4, -0.2) is 0 Å². The number of allylic oxidation sites excluding steroid dienone is 3. The van der Waals surface area contributed by atoms with Gasteiger partial charge in [0.2, 0.25) is 0 Å². The molecule has 1 aliphatic rings. The number of hydrogen-bond acceptors (Lipinski definition) is 0. The molecule has 1 aliphatic carbocycles.